The van der Waals surface area contributed by atoms with Gasteiger partial charge >= 0.3 is 0 Å². The standard InChI is InChI=1S/C9H13N5O/c1-3-5-13(6-4-2)9(15)7-14-8-10-11-12-14/h1,8H,4-7H2,2H3. The largest absolute Gasteiger partial charge is 0.330 e. The van der Waals surface area contributed by atoms with Gasteiger partial charge in [0, 0.05) is 6.54 Å². The first-order valence-electron chi connectivity index (χ1n) is 4.70. The maximum Gasteiger partial charge on any atom is 0.245 e. The first-order chi connectivity index (χ1) is 7.27. The number of aromatic nitrogens is 4. The van der Waals surface area contributed by atoms with E-state index in [2.05, 4.69) is 21.4 Å². The van der Waals surface area contributed by atoms with E-state index in [1.54, 1.807) is 4.90 Å². The maximum atomic E-state index is 11.7. The molecular weight excluding hydrogens is 194 g/mol. The van der Waals surface area contributed by atoms with Crippen molar-refractivity contribution in [1.29, 1.82) is 0 Å². The van der Waals surface area contributed by atoms with Gasteiger partial charge in [-0.2, -0.15) is 0 Å². The Kier molecular flexibility index (Phi) is 4.29. The van der Waals surface area contributed by atoms with E-state index < -0.39 is 0 Å². The topological polar surface area (TPSA) is 63.9 Å². The van der Waals surface area contributed by atoms with Crippen LogP contribution in [0.15, 0.2) is 6.33 Å². The number of tetrazole rings is 1. The highest BCUT2D eigenvalue weighted by atomic mass is 16.2. The van der Waals surface area contributed by atoms with E-state index in [9.17, 15) is 4.79 Å². The lowest BCUT2D eigenvalue weighted by Gasteiger charge is -2.18. The van der Waals surface area contributed by atoms with Crippen molar-refractivity contribution in [3.05, 3.63) is 6.33 Å². The predicted octanol–water partition coefficient (Wildman–Crippen LogP) is -0.455. The molecule has 1 aromatic heterocycles. The Morgan fingerprint density at radius 3 is 3.00 bits per heavy atom. The van der Waals surface area contributed by atoms with Crippen molar-refractivity contribution in [1.82, 2.24) is 25.1 Å². The van der Waals surface area contributed by atoms with Gasteiger partial charge in [0.05, 0.1) is 6.54 Å². The summed E-state index contributed by atoms with van der Waals surface area (Å²) < 4.78 is 1.38. The Labute approximate surface area is 88.3 Å². The van der Waals surface area contributed by atoms with Crippen LogP contribution >= 0.6 is 0 Å². The van der Waals surface area contributed by atoms with Gasteiger partial charge in [0.1, 0.15) is 12.9 Å². The second-order valence-corrected chi connectivity index (χ2v) is 3.03. The molecule has 0 aromatic carbocycles. The van der Waals surface area contributed by atoms with Crippen LogP contribution in [0.2, 0.25) is 0 Å². The lowest BCUT2D eigenvalue weighted by atomic mass is 10.4. The molecule has 0 aliphatic heterocycles. The minimum absolute atomic E-state index is 0.0675. The summed E-state index contributed by atoms with van der Waals surface area (Å²) >= 11 is 0. The van der Waals surface area contributed by atoms with Gasteiger partial charge in [-0.1, -0.05) is 12.8 Å². The Morgan fingerprint density at radius 1 is 1.67 bits per heavy atom. The summed E-state index contributed by atoms with van der Waals surface area (Å²) in [5, 5.41) is 10.5. The van der Waals surface area contributed by atoms with Crippen molar-refractivity contribution in [2.75, 3.05) is 13.1 Å². The fourth-order valence-electron chi connectivity index (χ4n) is 1.16. The molecule has 1 aromatic rings. The molecule has 0 unspecified atom stereocenters. The molecule has 1 amide bonds. The van der Waals surface area contributed by atoms with E-state index in [0.717, 1.165) is 6.42 Å². The second kappa shape index (κ2) is 5.75. The Hall–Kier alpha value is -1.90. The highest BCUT2D eigenvalue weighted by molar-refractivity contribution is 5.76. The molecule has 1 heterocycles. The predicted molar refractivity (Wildman–Crippen MR) is 53.5 cm³/mol. The number of terminal acetylenes is 1. The lowest BCUT2D eigenvalue weighted by Crippen LogP contribution is -2.35. The molecule has 6 heteroatoms. The van der Waals surface area contributed by atoms with Gasteiger partial charge in [0.25, 0.3) is 0 Å². The number of rotatable bonds is 5. The molecule has 0 radical (unpaired) electrons. The van der Waals surface area contributed by atoms with E-state index >= 15 is 0 Å². The number of nitrogens with zero attached hydrogens (tertiary/aromatic N) is 5. The lowest BCUT2D eigenvalue weighted by molar-refractivity contribution is -0.131. The molecule has 0 N–H and O–H groups in total. The minimum Gasteiger partial charge on any atom is -0.330 e. The number of hydrogen-bond donors (Lipinski definition) is 0. The van der Waals surface area contributed by atoms with Crippen LogP contribution in [-0.4, -0.2) is 44.1 Å². The number of hydrogen-bond acceptors (Lipinski definition) is 4. The summed E-state index contributed by atoms with van der Waals surface area (Å²) in [7, 11) is 0. The molecule has 15 heavy (non-hydrogen) atoms. The summed E-state index contributed by atoms with van der Waals surface area (Å²) in [6.45, 7) is 3.11. The van der Waals surface area contributed by atoms with Gasteiger partial charge in [0.15, 0.2) is 0 Å². The molecular formula is C9H13N5O. The van der Waals surface area contributed by atoms with Gasteiger partial charge in [0.2, 0.25) is 5.91 Å². The quantitative estimate of drug-likeness (QED) is 0.613. The Bertz CT molecular complexity index is 340. The van der Waals surface area contributed by atoms with Crippen LogP contribution in [0.3, 0.4) is 0 Å². The normalized spacial score (nSPS) is 9.60. The first-order valence-corrected chi connectivity index (χ1v) is 4.70. The van der Waals surface area contributed by atoms with Crippen LogP contribution in [-0.2, 0) is 11.3 Å². The summed E-state index contributed by atoms with van der Waals surface area (Å²) in [6, 6.07) is 0. The number of amides is 1. The van der Waals surface area contributed by atoms with Crippen molar-refractivity contribution in [2.45, 2.75) is 19.9 Å². The van der Waals surface area contributed by atoms with Crippen molar-refractivity contribution in [3.63, 3.8) is 0 Å². The third kappa shape index (κ3) is 3.38. The highest BCUT2D eigenvalue weighted by Crippen LogP contribution is 1.94. The van der Waals surface area contributed by atoms with Crippen LogP contribution in [0.4, 0.5) is 0 Å². The van der Waals surface area contributed by atoms with Gasteiger partial charge in [-0.3, -0.25) is 4.79 Å². The fourth-order valence-corrected chi connectivity index (χ4v) is 1.16. The summed E-state index contributed by atoms with van der Waals surface area (Å²) in [5.41, 5.74) is 0. The summed E-state index contributed by atoms with van der Waals surface area (Å²) in [4.78, 5) is 13.3. The van der Waals surface area contributed by atoms with Crippen LogP contribution in [0.1, 0.15) is 13.3 Å². The molecule has 0 bridgehead atoms. The zero-order valence-electron chi connectivity index (χ0n) is 8.63. The van der Waals surface area contributed by atoms with Crippen LogP contribution in [0.25, 0.3) is 0 Å². The van der Waals surface area contributed by atoms with E-state index in [0.29, 0.717) is 13.1 Å². The van der Waals surface area contributed by atoms with Gasteiger partial charge < -0.3 is 4.90 Å². The van der Waals surface area contributed by atoms with Gasteiger partial charge in [-0.15, -0.1) is 11.5 Å². The third-order valence-electron chi connectivity index (χ3n) is 1.82. The van der Waals surface area contributed by atoms with Crippen LogP contribution in [0.5, 0.6) is 0 Å². The van der Waals surface area contributed by atoms with Gasteiger partial charge in [-0.05, 0) is 16.8 Å². The average Bonchev–Trinajstić information content (AvgIpc) is 2.70. The second-order valence-electron chi connectivity index (χ2n) is 3.03. The highest BCUT2D eigenvalue weighted by Gasteiger charge is 2.12. The van der Waals surface area contributed by atoms with E-state index in [1.165, 1.54) is 11.0 Å². The first kappa shape index (κ1) is 11.2. The van der Waals surface area contributed by atoms with E-state index in [-0.39, 0.29) is 12.5 Å². The van der Waals surface area contributed by atoms with Crippen molar-refractivity contribution < 1.29 is 4.79 Å². The number of carbonyl (C=O) groups excluding carboxylic acids is 1. The zero-order chi connectivity index (χ0) is 11.1. The van der Waals surface area contributed by atoms with Crippen molar-refractivity contribution in [2.24, 2.45) is 0 Å². The van der Waals surface area contributed by atoms with Gasteiger partial charge in [-0.25, -0.2) is 4.68 Å². The summed E-state index contributed by atoms with van der Waals surface area (Å²) in [6.07, 6.45) is 7.46. The SMILES string of the molecule is C#CCN(CCC)C(=O)Cn1cnnn1. The van der Waals surface area contributed by atoms with Crippen LogP contribution in [0, 0.1) is 12.3 Å². The van der Waals surface area contributed by atoms with Crippen molar-refractivity contribution >= 4 is 5.91 Å². The molecule has 0 atom stereocenters. The Balaban J connectivity index is 2.53. The molecule has 0 spiro atoms. The fraction of sp³-hybridized carbons (Fsp3) is 0.556. The molecule has 80 valence electrons. The summed E-state index contributed by atoms with van der Waals surface area (Å²) in [5.74, 6) is 2.39. The molecule has 6 nitrogen and oxygen atoms in total. The molecule has 0 fully saturated rings. The molecule has 1 rings (SSSR count). The molecule has 0 aliphatic carbocycles. The minimum atomic E-state index is -0.0675. The molecule has 0 saturated carbocycles. The smallest absolute Gasteiger partial charge is 0.245 e. The van der Waals surface area contributed by atoms with Crippen molar-refractivity contribution in [3.8, 4) is 12.3 Å². The maximum absolute atomic E-state index is 11.7. The monoisotopic (exact) mass is 207 g/mol. The number of carbonyl (C=O) groups is 1. The molecule has 0 aliphatic rings. The van der Waals surface area contributed by atoms with Crippen LogP contribution < -0.4 is 0 Å². The van der Waals surface area contributed by atoms with E-state index in [1.807, 2.05) is 6.92 Å². The van der Waals surface area contributed by atoms with E-state index in [4.69, 9.17) is 6.42 Å². The average molecular weight is 207 g/mol. The Morgan fingerprint density at radius 2 is 2.47 bits per heavy atom. The zero-order valence-corrected chi connectivity index (χ0v) is 8.63. The molecule has 0 saturated heterocycles. The third-order valence-corrected chi connectivity index (χ3v) is 1.82.